The molecule has 1 amide bonds. The molecule has 1 aliphatic rings. The Labute approximate surface area is 148 Å². The molecule has 1 aliphatic heterocycles. The summed E-state index contributed by atoms with van der Waals surface area (Å²) in [6.07, 6.45) is 2.78. The normalized spacial score (nSPS) is 18.6. The summed E-state index contributed by atoms with van der Waals surface area (Å²) in [7, 11) is 0. The van der Waals surface area contributed by atoms with Crippen LogP contribution in [0.25, 0.3) is 0 Å². The second-order valence-electron chi connectivity index (χ2n) is 6.61. The Morgan fingerprint density at radius 3 is 2.36 bits per heavy atom. The fourth-order valence-corrected chi connectivity index (χ4v) is 3.71. The number of aromatic hydroxyl groups is 1. The van der Waals surface area contributed by atoms with E-state index in [2.05, 4.69) is 0 Å². The smallest absolute Gasteiger partial charge is 0.254 e. The van der Waals surface area contributed by atoms with Gasteiger partial charge in [0, 0.05) is 18.2 Å². The van der Waals surface area contributed by atoms with Crippen LogP contribution < -0.4 is 0 Å². The van der Waals surface area contributed by atoms with E-state index in [4.69, 9.17) is 0 Å². The molecule has 0 radical (unpaired) electrons. The van der Waals surface area contributed by atoms with Gasteiger partial charge >= 0.3 is 0 Å². The molecule has 1 heterocycles. The number of rotatable bonds is 4. The highest BCUT2D eigenvalue weighted by Crippen LogP contribution is 2.32. The lowest BCUT2D eigenvalue weighted by Crippen LogP contribution is -2.48. The van der Waals surface area contributed by atoms with Crippen LogP contribution >= 0.6 is 0 Å². The standard InChI is InChI=1S/C21H23NO3/c1-15(23)20(16-7-3-2-4-8-16)19-9-5-6-14-22(19)21(25)17-10-12-18(24)13-11-17/h2-4,7-8,10-13,19-20,24H,5-6,9,14H2,1H3. The molecule has 0 saturated carbocycles. The fraction of sp³-hybridized carbons (Fsp3) is 0.333. The highest BCUT2D eigenvalue weighted by atomic mass is 16.3. The molecule has 1 fully saturated rings. The average Bonchev–Trinajstić information content (AvgIpc) is 2.63. The zero-order valence-electron chi connectivity index (χ0n) is 14.4. The number of piperidine rings is 1. The van der Waals surface area contributed by atoms with Gasteiger partial charge in [0.05, 0.1) is 5.92 Å². The van der Waals surface area contributed by atoms with Crippen molar-refractivity contribution in [1.82, 2.24) is 4.90 Å². The largest absolute Gasteiger partial charge is 0.508 e. The van der Waals surface area contributed by atoms with Crippen LogP contribution in [0, 0.1) is 0 Å². The molecule has 1 saturated heterocycles. The summed E-state index contributed by atoms with van der Waals surface area (Å²) in [6.45, 7) is 2.26. The van der Waals surface area contributed by atoms with Gasteiger partial charge in [-0.3, -0.25) is 9.59 Å². The number of phenolic OH excluding ortho intramolecular Hbond substituents is 1. The third-order valence-electron chi connectivity index (χ3n) is 4.91. The molecular formula is C21H23NO3. The van der Waals surface area contributed by atoms with Gasteiger partial charge in [-0.2, -0.15) is 0 Å². The van der Waals surface area contributed by atoms with Gasteiger partial charge < -0.3 is 10.0 Å². The van der Waals surface area contributed by atoms with Crippen LogP contribution in [0.4, 0.5) is 0 Å². The number of ketones is 1. The predicted octanol–water partition coefficient (Wildman–Crippen LogP) is 3.76. The number of benzene rings is 2. The molecule has 0 aliphatic carbocycles. The van der Waals surface area contributed by atoms with Crippen molar-refractivity contribution in [2.75, 3.05) is 6.54 Å². The Hall–Kier alpha value is -2.62. The van der Waals surface area contributed by atoms with Gasteiger partial charge in [0.15, 0.2) is 0 Å². The van der Waals surface area contributed by atoms with Crippen LogP contribution in [0.2, 0.25) is 0 Å². The minimum atomic E-state index is -0.303. The topological polar surface area (TPSA) is 57.6 Å². The number of hydrogen-bond donors (Lipinski definition) is 1. The summed E-state index contributed by atoms with van der Waals surface area (Å²) in [5.74, 6) is -0.159. The van der Waals surface area contributed by atoms with Crippen LogP contribution in [0.1, 0.15) is 48.0 Å². The first-order chi connectivity index (χ1) is 12.1. The summed E-state index contributed by atoms with van der Waals surface area (Å²) in [5, 5.41) is 9.44. The first-order valence-electron chi connectivity index (χ1n) is 8.73. The summed E-state index contributed by atoms with van der Waals surface area (Å²) < 4.78 is 0. The molecule has 2 aromatic rings. The third-order valence-corrected chi connectivity index (χ3v) is 4.91. The molecule has 1 N–H and O–H groups in total. The second-order valence-corrected chi connectivity index (χ2v) is 6.61. The minimum Gasteiger partial charge on any atom is -0.508 e. The highest BCUT2D eigenvalue weighted by molar-refractivity contribution is 5.95. The molecule has 2 atom stereocenters. The molecule has 0 spiro atoms. The van der Waals surface area contributed by atoms with Crippen molar-refractivity contribution in [3.05, 3.63) is 65.7 Å². The maximum atomic E-state index is 13.0. The van der Waals surface area contributed by atoms with Gasteiger partial charge in [0.25, 0.3) is 5.91 Å². The van der Waals surface area contributed by atoms with Crippen LogP contribution in [-0.2, 0) is 4.79 Å². The number of phenols is 1. The lowest BCUT2D eigenvalue weighted by atomic mass is 9.82. The number of likely N-dealkylation sites (tertiary alicyclic amines) is 1. The van der Waals surface area contributed by atoms with Crippen LogP contribution in [-0.4, -0.2) is 34.3 Å². The zero-order chi connectivity index (χ0) is 17.8. The Morgan fingerprint density at radius 1 is 1.04 bits per heavy atom. The Morgan fingerprint density at radius 2 is 1.72 bits per heavy atom. The number of carbonyl (C=O) groups is 2. The molecule has 2 unspecified atom stereocenters. The average molecular weight is 337 g/mol. The van der Waals surface area contributed by atoms with Crippen LogP contribution in [0.5, 0.6) is 5.75 Å². The van der Waals surface area contributed by atoms with E-state index in [-0.39, 0.29) is 29.4 Å². The number of nitrogens with zero attached hydrogens (tertiary/aromatic N) is 1. The van der Waals surface area contributed by atoms with Gasteiger partial charge in [-0.05, 0) is 56.0 Å². The van der Waals surface area contributed by atoms with Crippen molar-refractivity contribution in [3.8, 4) is 5.75 Å². The summed E-state index contributed by atoms with van der Waals surface area (Å²) >= 11 is 0. The Kier molecular flexibility index (Phi) is 5.17. The molecule has 4 heteroatoms. The van der Waals surface area contributed by atoms with E-state index in [1.54, 1.807) is 19.1 Å². The molecule has 4 nitrogen and oxygen atoms in total. The van der Waals surface area contributed by atoms with Crippen molar-refractivity contribution >= 4 is 11.7 Å². The highest BCUT2D eigenvalue weighted by Gasteiger charge is 2.36. The van der Waals surface area contributed by atoms with Crippen molar-refractivity contribution < 1.29 is 14.7 Å². The predicted molar refractivity (Wildman–Crippen MR) is 96.6 cm³/mol. The lowest BCUT2D eigenvalue weighted by molar-refractivity contribution is -0.120. The quantitative estimate of drug-likeness (QED) is 0.924. The first-order valence-corrected chi connectivity index (χ1v) is 8.73. The van der Waals surface area contributed by atoms with Gasteiger partial charge in [-0.25, -0.2) is 0 Å². The molecule has 3 rings (SSSR count). The molecule has 25 heavy (non-hydrogen) atoms. The third kappa shape index (κ3) is 3.73. The summed E-state index contributed by atoms with van der Waals surface area (Å²) in [5.41, 5.74) is 1.51. The van der Waals surface area contributed by atoms with E-state index < -0.39 is 0 Å². The summed E-state index contributed by atoms with van der Waals surface area (Å²) in [6, 6.07) is 15.9. The van der Waals surface area contributed by atoms with E-state index in [9.17, 15) is 14.7 Å². The number of hydrogen-bond acceptors (Lipinski definition) is 3. The van der Waals surface area contributed by atoms with Gasteiger partial charge in [0.1, 0.15) is 11.5 Å². The molecular weight excluding hydrogens is 314 g/mol. The molecule has 2 aromatic carbocycles. The number of Topliss-reactive ketones (excluding diaryl/α,β-unsaturated/α-hetero) is 1. The van der Waals surface area contributed by atoms with E-state index in [0.717, 1.165) is 24.8 Å². The van der Waals surface area contributed by atoms with Gasteiger partial charge in [-0.1, -0.05) is 30.3 Å². The lowest BCUT2D eigenvalue weighted by Gasteiger charge is -2.40. The molecule has 130 valence electrons. The maximum absolute atomic E-state index is 13.0. The van der Waals surface area contributed by atoms with E-state index in [1.165, 1.54) is 12.1 Å². The second kappa shape index (κ2) is 7.51. The van der Waals surface area contributed by atoms with Gasteiger partial charge in [-0.15, -0.1) is 0 Å². The monoisotopic (exact) mass is 337 g/mol. The van der Waals surface area contributed by atoms with E-state index in [1.807, 2.05) is 35.2 Å². The van der Waals surface area contributed by atoms with Crippen molar-refractivity contribution in [2.24, 2.45) is 0 Å². The van der Waals surface area contributed by atoms with Crippen LogP contribution in [0.15, 0.2) is 54.6 Å². The number of amides is 1. The molecule has 0 aromatic heterocycles. The fourth-order valence-electron chi connectivity index (χ4n) is 3.71. The Balaban J connectivity index is 1.92. The number of carbonyl (C=O) groups excluding carboxylic acids is 2. The van der Waals surface area contributed by atoms with Crippen LogP contribution in [0.3, 0.4) is 0 Å². The Bertz CT molecular complexity index is 739. The van der Waals surface area contributed by atoms with E-state index >= 15 is 0 Å². The maximum Gasteiger partial charge on any atom is 0.254 e. The minimum absolute atomic E-state index is 0.0770. The van der Waals surface area contributed by atoms with Crippen molar-refractivity contribution in [1.29, 1.82) is 0 Å². The zero-order valence-corrected chi connectivity index (χ0v) is 14.4. The van der Waals surface area contributed by atoms with Crippen molar-refractivity contribution in [2.45, 2.75) is 38.1 Å². The van der Waals surface area contributed by atoms with Crippen molar-refractivity contribution in [3.63, 3.8) is 0 Å². The first kappa shape index (κ1) is 17.2. The SMILES string of the molecule is CC(=O)C(c1ccccc1)C1CCCCN1C(=O)c1ccc(O)cc1. The van der Waals surface area contributed by atoms with Gasteiger partial charge in [0.2, 0.25) is 0 Å². The molecule has 0 bridgehead atoms. The van der Waals surface area contributed by atoms with E-state index in [0.29, 0.717) is 12.1 Å². The summed E-state index contributed by atoms with van der Waals surface area (Å²) in [4.78, 5) is 27.3.